The first-order valence-electron chi connectivity index (χ1n) is 8.48. The molecule has 1 amide bonds. The summed E-state index contributed by atoms with van der Waals surface area (Å²) in [4.78, 5) is 17.0. The summed E-state index contributed by atoms with van der Waals surface area (Å²) in [7, 11) is -1.78. The summed E-state index contributed by atoms with van der Waals surface area (Å²) in [6.45, 7) is 3.27. The second-order valence-corrected chi connectivity index (χ2v) is 10.3. The van der Waals surface area contributed by atoms with Crippen LogP contribution in [0.2, 0.25) is 5.02 Å². The molecule has 2 aromatic carbocycles. The fourth-order valence-corrected chi connectivity index (χ4v) is 4.82. The van der Waals surface area contributed by atoms with Gasteiger partial charge in [-0.1, -0.05) is 35.1 Å². The van der Waals surface area contributed by atoms with Gasteiger partial charge >= 0.3 is 0 Å². The van der Waals surface area contributed by atoms with Gasteiger partial charge in [0.05, 0.1) is 33.4 Å². The predicted octanol–water partition coefficient (Wildman–Crippen LogP) is 4.32. The number of halogens is 1. The number of nitrogens with zero attached hydrogens (tertiary/aromatic N) is 1. The van der Waals surface area contributed by atoms with E-state index in [2.05, 4.69) is 10.3 Å². The summed E-state index contributed by atoms with van der Waals surface area (Å²) >= 11 is 7.46. The van der Waals surface area contributed by atoms with Crippen molar-refractivity contribution in [1.29, 1.82) is 0 Å². The molecule has 0 radical (unpaired) electrons. The quantitative estimate of drug-likeness (QED) is 0.619. The van der Waals surface area contributed by atoms with Crippen LogP contribution in [0.15, 0.2) is 41.3 Å². The summed E-state index contributed by atoms with van der Waals surface area (Å²) in [5, 5.41) is 3.22. The molecule has 0 saturated heterocycles. The standard InChI is InChI=1S/C19H19ClN2O4S2/c1-11(2)28(24,25)13-6-4-12(5-7-13)10-16(23)21-19-22-17-15(26-3)9-8-14(20)18(17)27-19/h4-9,11H,10H2,1-3H3,(H,21,22,23). The molecular formula is C19H19ClN2O4S2. The van der Waals surface area contributed by atoms with Gasteiger partial charge < -0.3 is 10.1 Å². The maximum Gasteiger partial charge on any atom is 0.230 e. The Morgan fingerprint density at radius 2 is 1.89 bits per heavy atom. The first-order valence-corrected chi connectivity index (χ1v) is 11.2. The fourth-order valence-electron chi connectivity index (χ4n) is 2.59. The molecule has 1 aromatic heterocycles. The van der Waals surface area contributed by atoms with E-state index in [0.29, 0.717) is 27.0 Å². The summed E-state index contributed by atoms with van der Waals surface area (Å²) < 4.78 is 30.3. The van der Waals surface area contributed by atoms with Crippen molar-refractivity contribution < 1.29 is 17.9 Å². The average molecular weight is 439 g/mol. The van der Waals surface area contributed by atoms with Crippen molar-refractivity contribution >= 4 is 54.0 Å². The molecule has 0 unspecified atom stereocenters. The molecule has 0 fully saturated rings. The lowest BCUT2D eigenvalue weighted by Gasteiger charge is -2.08. The molecule has 6 nitrogen and oxygen atoms in total. The highest BCUT2D eigenvalue weighted by Crippen LogP contribution is 2.37. The second kappa shape index (κ2) is 8.06. The van der Waals surface area contributed by atoms with Crippen LogP contribution in [0.3, 0.4) is 0 Å². The van der Waals surface area contributed by atoms with E-state index in [1.807, 2.05) is 0 Å². The minimum atomic E-state index is -3.33. The number of carbonyl (C=O) groups excluding carboxylic acids is 1. The van der Waals surface area contributed by atoms with E-state index >= 15 is 0 Å². The van der Waals surface area contributed by atoms with Gasteiger partial charge in [-0.2, -0.15) is 0 Å². The minimum Gasteiger partial charge on any atom is -0.494 e. The molecular weight excluding hydrogens is 420 g/mol. The molecule has 0 bridgehead atoms. The second-order valence-electron chi connectivity index (χ2n) is 6.41. The van der Waals surface area contributed by atoms with Crippen LogP contribution in [-0.4, -0.2) is 31.7 Å². The Morgan fingerprint density at radius 3 is 2.50 bits per heavy atom. The summed E-state index contributed by atoms with van der Waals surface area (Å²) in [6.07, 6.45) is 0.1000. The van der Waals surface area contributed by atoms with Crippen LogP contribution in [0.4, 0.5) is 5.13 Å². The lowest BCUT2D eigenvalue weighted by atomic mass is 10.1. The van der Waals surface area contributed by atoms with Crippen LogP contribution < -0.4 is 10.1 Å². The Labute approximate surface area is 172 Å². The van der Waals surface area contributed by atoms with Gasteiger partial charge in [-0.05, 0) is 43.7 Å². The Balaban J connectivity index is 1.74. The van der Waals surface area contributed by atoms with Crippen molar-refractivity contribution in [2.75, 3.05) is 12.4 Å². The van der Waals surface area contributed by atoms with Gasteiger partial charge in [0.1, 0.15) is 11.3 Å². The van der Waals surface area contributed by atoms with Crippen LogP contribution in [0.1, 0.15) is 19.4 Å². The molecule has 1 heterocycles. The van der Waals surface area contributed by atoms with Crippen molar-refractivity contribution in [3.63, 3.8) is 0 Å². The van der Waals surface area contributed by atoms with E-state index in [4.69, 9.17) is 16.3 Å². The Hall–Kier alpha value is -2.16. The maximum atomic E-state index is 12.4. The van der Waals surface area contributed by atoms with E-state index in [-0.39, 0.29) is 17.2 Å². The largest absolute Gasteiger partial charge is 0.494 e. The first kappa shape index (κ1) is 20.6. The van der Waals surface area contributed by atoms with E-state index in [1.54, 1.807) is 45.2 Å². The third kappa shape index (κ3) is 4.14. The normalized spacial score (nSPS) is 11.8. The molecule has 28 heavy (non-hydrogen) atoms. The minimum absolute atomic E-state index is 0.1000. The Morgan fingerprint density at radius 1 is 1.21 bits per heavy atom. The number of carbonyl (C=O) groups is 1. The van der Waals surface area contributed by atoms with Crippen LogP contribution in [0.25, 0.3) is 10.2 Å². The monoisotopic (exact) mass is 438 g/mol. The van der Waals surface area contributed by atoms with Gasteiger partial charge in [0, 0.05) is 0 Å². The predicted molar refractivity (Wildman–Crippen MR) is 112 cm³/mol. The number of ether oxygens (including phenoxy) is 1. The number of fused-ring (bicyclic) bond motifs is 1. The molecule has 3 rings (SSSR count). The van der Waals surface area contributed by atoms with Gasteiger partial charge in [-0.25, -0.2) is 13.4 Å². The van der Waals surface area contributed by atoms with Crippen LogP contribution in [-0.2, 0) is 21.1 Å². The molecule has 0 atom stereocenters. The number of sulfone groups is 1. The van der Waals surface area contributed by atoms with E-state index in [0.717, 1.165) is 4.70 Å². The molecule has 0 aliphatic carbocycles. The van der Waals surface area contributed by atoms with Crippen LogP contribution >= 0.6 is 22.9 Å². The summed E-state index contributed by atoms with van der Waals surface area (Å²) in [5.74, 6) is 0.326. The van der Waals surface area contributed by atoms with Crippen molar-refractivity contribution in [3.8, 4) is 5.75 Å². The number of aromatic nitrogens is 1. The van der Waals surface area contributed by atoms with Crippen molar-refractivity contribution in [2.24, 2.45) is 0 Å². The number of benzene rings is 2. The molecule has 0 aliphatic rings. The van der Waals surface area contributed by atoms with E-state index in [1.165, 1.54) is 23.5 Å². The van der Waals surface area contributed by atoms with Gasteiger partial charge in [-0.15, -0.1) is 0 Å². The molecule has 0 aliphatic heterocycles. The van der Waals surface area contributed by atoms with Gasteiger partial charge in [0.2, 0.25) is 5.91 Å². The van der Waals surface area contributed by atoms with Crippen LogP contribution in [0.5, 0.6) is 5.75 Å². The summed E-state index contributed by atoms with van der Waals surface area (Å²) in [5.41, 5.74) is 1.30. The average Bonchev–Trinajstić information content (AvgIpc) is 3.06. The lowest BCUT2D eigenvalue weighted by molar-refractivity contribution is -0.115. The van der Waals surface area contributed by atoms with Crippen molar-refractivity contribution in [3.05, 3.63) is 47.0 Å². The van der Waals surface area contributed by atoms with Gasteiger partial charge in [-0.3, -0.25) is 4.79 Å². The molecule has 3 aromatic rings. The highest BCUT2D eigenvalue weighted by Gasteiger charge is 2.19. The Kier molecular flexibility index (Phi) is 5.92. The first-order chi connectivity index (χ1) is 13.2. The van der Waals surface area contributed by atoms with Gasteiger partial charge in [0.15, 0.2) is 15.0 Å². The molecule has 9 heteroatoms. The zero-order chi connectivity index (χ0) is 20.5. The lowest BCUT2D eigenvalue weighted by Crippen LogP contribution is -2.15. The number of thiazole rings is 1. The zero-order valence-corrected chi connectivity index (χ0v) is 17.9. The smallest absolute Gasteiger partial charge is 0.230 e. The number of methoxy groups -OCH3 is 1. The molecule has 1 N–H and O–H groups in total. The third-order valence-corrected chi connectivity index (χ3v) is 7.76. The number of nitrogens with one attached hydrogen (secondary N) is 1. The maximum absolute atomic E-state index is 12.4. The number of amides is 1. The molecule has 0 spiro atoms. The highest BCUT2D eigenvalue weighted by atomic mass is 35.5. The fraction of sp³-hybridized carbons (Fsp3) is 0.263. The molecule has 148 valence electrons. The highest BCUT2D eigenvalue weighted by molar-refractivity contribution is 7.92. The topological polar surface area (TPSA) is 85.4 Å². The van der Waals surface area contributed by atoms with E-state index in [9.17, 15) is 13.2 Å². The summed E-state index contributed by atoms with van der Waals surface area (Å²) in [6, 6.07) is 9.79. The van der Waals surface area contributed by atoms with E-state index < -0.39 is 15.1 Å². The van der Waals surface area contributed by atoms with Crippen molar-refractivity contribution in [1.82, 2.24) is 4.98 Å². The van der Waals surface area contributed by atoms with Crippen LogP contribution in [0, 0.1) is 0 Å². The number of anilines is 1. The molecule has 0 saturated carbocycles. The van der Waals surface area contributed by atoms with Crippen molar-refractivity contribution in [2.45, 2.75) is 30.4 Å². The zero-order valence-electron chi connectivity index (χ0n) is 15.5. The number of rotatable bonds is 6. The number of hydrogen-bond acceptors (Lipinski definition) is 6. The SMILES string of the molecule is COc1ccc(Cl)c2sc(NC(=O)Cc3ccc(S(=O)(=O)C(C)C)cc3)nc12. The number of hydrogen-bond donors (Lipinski definition) is 1. The Bertz CT molecular complexity index is 1120. The van der Waals surface area contributed by atoms with Gasteiger partial charge in [0.25, 0.3) is 0 Å². The third-order valence-electron chi connectivity index (χ3n) is 4.16.